The van der Waals surface area contributed by atoms with Gasteiger partial charge in [-0.15, -0.1) is 0 Å². The van der Waals surface area contributed by atoms with Gasteiger partial charge in [-0.25, -0.2) is 4.39 Å². The first kappa shape index (κ1) is 19.6. The minimum atomic E-state index is -0.333. The number of nitrogens with zero attached hydrogens (tertiary/aromatic N) is 2. The van der Waals surface area contributed by atoms with Crippen molar-refractivity contribution in [3.05, 3.63) is 106 Å². The van der Waals surface area contributed by atoms with Crippen molar-refractivity contribution in [3.63, 3.8) is 0 Å². The van der Waals surface area contributed by atoms with Crippen molar-refractivity contribution in [2.24, 2.45) is 0 Å². The van der Waals surface area contributed by atoms with Gasteiger partial charge in [0, 0.05) is 36.8 Å². The zero-order valence-electron chi connectivity index (χ0n) is 16.0. The quantitative estimate of drug-likeness (QED) is 0.604. The molecule has 3 aromatic rings. The second-order valence-corrected chi connectivity index (χ2v) is 7.64. The second-order valence-electron chi connectivity index (χ2n) is 7.20. The van der Waals surface area contributed by atoms with E-state index in [1.807, 2.05) is 35.2 Å². The lowest BCUT2D eigenvalue weighted by Gasteiger charge is -2.39. The molecule has 5 heteroatoms. The maximum absolute atomic E-state index is 13.1. The number of benzene rings is 3. The Labute approximate surface area is 175 Å². The van der Waals surface area contributed by atoms with Gasteiger partial charge in [-0.3, -0.25) is 9.69 Å². The largest absolute Gasteiger partial charge is 0.336 e. The summed E-state index contributed by atoms with van der Waals surface area (Å²) in [5, 5.41) is 0.718. The van der Waals surface area contributed by atoms with E-state index in [-0.39, 0.29) is 17.8 Å². The fraction of sp³-hybridized carbons (Fsp3) is 0.208. The van der Waals surface area contributed by atoms with Gasteiger partial charge in [-0.2, -0.15) is 0 Å². The molecule has 1 amide bonds. The maximum atomic E-state index is 13.1. The molecular formula is C24H22ClFN2O. The molecule has 29 heavy (non-hydrogen) atoms. The van der Waals surface area contributed by atoms with Crippen LogP contribution in [0.4, 0.5) is 4.39 Å². The summed E-state index contributed by atoms with van der Waals surface area (Å²) in [4.78, 5) is 17.0. The normalized spacial score (nSPS) is 15.9. The Morgan fingerprint density at radius 1 is 0.793 bits per heavy atom. The molecule has 1 fully saturated rings. The third kappa shape index (κ3) is 4.50. The Kier molecular flexibility index (Phi) is 5.93. The molecule has 0 spiro atoms. The number of amides is 1. The highest BCUT2D eigenvalue weighted by molar-refractivity contribution is 6.30. The van der Waals surface area contributed by atoms with Crippen molar-refractivity contribution in [2.75, 3.05) is 26.2 Å². The number of piperazine rings is 1. The molecule has 1 saturated heterocycles. The highest BCUT2D eigenvalue weighted by Crippen LogP contribution is 2.30. The SMILES string of the molecule is O=C(c1ccc(F)cc1)N1CCN(C(c2ccccc2)c2ccc(Cl)cc2)CC1. The summed E-state index contributed by atoms with van der Waals surface area (Å²) in [5.74, 6) is -0.382. The van der Waals surface area contributed by atoms with Gasteiger partial charge in [-0.1, -0.05) is 54.1 Å². The number of rotatable bonds is 4. The monoisotopic (exact) mass is 408 g/mol. The molecule has 3 aromatic carbocycles. The molecule has 1 aliphatic rings. The van der Waals surface area contributed by atoms with Crippen LogP contribution in [0.3, 0.4) is 0 Å². The van der Waals surface area contributed by atoms with E-state index in [4.69, 9.17) is 11.6 Å². The first-order valence-corrected chi connectivity index (χ1v) is 10.1. The van der Waals surface area contributed by atoms with E-state index >= 15 is 0 Å². The van der Waals surface area contributed by atoms with E-state index in [0.717, 1.165) is 18.1 Å². The van der Waals surface area contributed by atoms with Crippen LogP contribution in [0.25, 0.3) is 0 Å². The zero-order chi connectivity index (χ0) is 20.2. The molecule has 0 aliphatic carbocycles. The van der Waals surface area contributed by atoms with Crippen LogP contribution in [0.2, 0.25) is 5.02 Å². The van der Waals surface area contributed by atoms with E-state index in [9.17, 15) is 9.18 Å². The zero-order valence-corrected chi connectivity index (χ0v) is 16.7. The molecule has 0 saturated carbocycles. The molecule has 1 atom stereocenters. The number of hydrogen-bond donors (Lipinski definition) is 0. The van der Waals surface area contributed by atoms with Gasteiger partial charge >= 0.3 is 0 Å². The van der Waals surface area contributed by atoms with Gasteiger partial charge < -0.3 is 4.90 Å². The molecule has 1 unspecified atom stereocenters. The summed E-state index contributed by atoms with van der Waals surface area (Å²) in [5.41, 5.74) is 2.92. The number of halogens is 2. The molecule has 0 bridgehead atoms. The number of carbonyl (C=O) groups is 1. The Bertz CT molecular complexity index is 952. The van der Waals surface area contributed by atoms with Crippen LogP contribution < -0.4 is 0 Å². The first-order valence-electron chi connectivity index (χ1n) is 9.71. The molecule has 4 rings (SSSR count). The summed E-state index contributed by atoms with van der Waals surface area (Å²) in [6, 6.07) is 24.2. The number of carbonyl (C=O) groups excluding carboxylic acids is 1. The van der Waals surface area contributed by atoms with E-state index < -0.39 is 0 Å². The fourth-order valence-electron chi connectivity index (χ4n) is 3.85. The molecule has 3 nitrogen and oxygen atoms in total. The van der Waals surface area contributed by atoms with E-state index in [1.165, 1.54) is 23.3 Å². The lowest BCUT2D eigenvalue weighted by Crippen LogP contribution is -2.49. The minimum absolute atomic E-state index is 0.0487. The fourth-order valence-corrected chi connectivity index (χ4v) is 3.98. The van der Waals surface area contributed by atoms with Gasteiger partial charge in [0.15, 0.2) is 0 Å². The predicted molar refractivity (Wildman–Crippen MR) is 114 cm³/mol. The highest BCUT2D eigenvalue weighted by Gasteiger charge is 2.28. The second kappa shape index (κ2) is 8.76. The third-order valence-electron chi connectivity index (χ3n) is 5.36. The minimum Gasteiger partial charge on any atom is -0.336 e. The van der Waals surface area contributed by atoms with E-state index in [0.29, 0.717) is 18.7 Å². The highest BCUT2D eigenvalue weighted by atomic mass is 35.5. The average molecular weight is 409 g/mol. The van der Waals surface area contributed by atoms with Crippen molar-refractivity contribution in [2.45, 2.75) is 6.04 Å². The maximum Gasteiger partial charge on any atom is 0.253 e. The van der Waals surface area contributed by atoms with Crippen molar-refractivity contribution in [1.29, 1.82) is 0 Å². The van der Waals surface area contributed by atoms with E-state index in [1.54, 1.807) is 12.1 Å². The lowest BCUT2D eigenvalue weighted by molar-refractivity contribution is 0.0597. The molecule has 148 valence electrons. The smallest absolute Gasteiger partial charge is 0.253 e. The predicted octanol–water partition coefficient (Wildman–Crippen LogP) is 5.03. The van der Waals surface area contributed by atoms with Crippen molar-refractivity contribution in [3.8, 4) is 0 Å². The Hall–Kier alpha value is -2.69. The third-order valence-corrected chi connectivity index (χ3v) is 5.61. The van der Waals surface area contributed by atoms with Crippen LogP contribution in [0.15, 0.2) is 78.9 Å². The van der Waals surface area contributed by atoms with Gasteiger partial charge in [0.25, 0.3) is 5.91 Å². The Morgan fingerprint density at radius 2 is 1.38 bits per heavy atom. The van der Waals surface area contributed by atoms with Crippen LogP contribution in [0, 0.1) is 5.82 Å². The molecular weight excluding hydrogens is 387 g/mol. The summed E-state index contributed by atoms with van der Waals surface area (Å²) >= 11 is 6.09. The van der Waals surface area contributed by atoms with Gasteiger partial charge in [-0.05, 0) is 47.5 Å². The summed E-state index contributed by atoms with van der Waals surface area (Å²) < 4.78 is 13.1. The van der Waals surface area contributed by atoms with Crippen molar-refractivity contribution in [1.82, 2.24) is 9.80 Å². The van der Waals surface area contributed by atoms with Crippen molar-refractivity contribution >= 4 is 17.5 Å². The van der Waals surface area contributed by atoms with Gasteiger partial charge in [0.1, 0.15) is 5.82 Å². The first-order chi connectivity index (χ1) is 14.1. The van der Waals surface area contributed by atoms with Gasteiger partial charge in [0.05, 0.1) is 6.04 Å². The molecule has 1 heterocycles. The van der Waals surface area contributed by atoms with Crippen LogP contribution in [0.1, 0.15) is 27.5 Å². The standard InChI is InChI=1S/C24H22ClFN2O/c25-21-10-6-19(7-11-21)23(18-4-2-1-3-5-18)27-14-16-28(17-15-27)24(29)20-8-12-22(26)13-9-20/h1-13,23H,14-17H2. The Balaban J connectivity index is 1.51. The number of hydrogen-bond acceptors (Lipinski definition) is 2. The van der Waals surface area contributed by atoms with Crippen LogP contribution in [-0.4, -0.2) is 41.9 Å². The topological polar surface area (TPSA) is 23.6 Å². The summed E-state index contributed by atoms with van der Waals surface area (Å²) in [7, 11) is 0. The van der Waals surface area contributed by atoms with Gasteiger partial charge in [0.2, 0.25) is 0 Å². The van der Waals surface area contributed by atoms with Crippen LogP contribution in [0.5, 0.6) is 0 Å². The average Bonchev–Trinajstić information content (AvgIpc) is 2.77. The molecule has 1 aliphatic heterocycles. The molecule has 0 N–H and O–H groups in total. The Morgan fingerprint density at radius 3 is 2.00 bits per heavy atom. The summed E-state index contributed by atoms with van der Waals surface area (Å²) in [6.45, 7) is 2.78. The van der Waals surface area contributed by atoms with Crippen LogP contribution in [-0.2, 0) is 0 Å². The van der Waals surface area contributed by atoms with E-state index in [2.05, 4.69) is 29.2 Å². The molecule has 0 aromatic heterocycles. The molecule has 0 radical (unpaired) electrons. The lowest BCUT2D eigenvalue weighted by atomic mass is 9.96. The van der Waals surface area contributed by atoms with Crippen LogP contribution >= 0.6 is 11.6 Å². The van der Waals surface area contributed by atoms with Crippen molar-refractivity contribution < 1.29 is 9.18 Å². The summed E-state index contributed by atoms with van der Waals surface area (Å²) in [6.07, 6.45) is 0.